The largest absolute Gasteiger partial charge is 0.393 e. The summed E-state index contributed by atoms with van der Waals surface area (Å²) < 4.78 is 0. The highest BCUT2D eigenvalue weighted by Gasteiger charge is 2.20. The average molecular weight is 185 g/mol. The number of aliphatic hydroxyl groups is 1. The summed E-state index contributed by atoms with van der Waals surface area (Å²) in [4.78, 5) is 11.2. The van der Waals surface area contributed by atoms with E-state index in [9.17, 15) is 9.90 Å². The monoisotopic (exact) mass is 185 g/mol. The molecule has 76 valence electrons. The van der Waals surface area contributed by atoms with Gasteiger partial charge in [0.15, 0.2) is 0 Å². The number of hydrogen-bond acceptors (Lipinski definition) is 2. The first kappa shape index (κ1) is 10.5. The van der Waals surface area contributed by atoms with Crippen LogP contribution >= 0.6 is 0 Å². The van der Waals surface area contributed by atoms with Crippen molar-refractivity contribution in [2.45, 2.75) is 57.6 Å². The number of hydrogen-bond donors (Lipinski definition) is 2. The lowest BCUT2D eigenvalue weighted by Crippen LogP contribution is -2.38. The van der Waals surface area contributed by atoms with Crippen LogP contribution in [0.15, 0.2) is 0 Å². The highest BCUT2D eigenvalue weighted by Crippen LogP contribution is 2.18. The van der Waals surface area contributed by atoms with E-state index >= 15 is 0 Å². The van der Waals surface area contributed by atoms with E-state index in [4.69, 9.17) is 0 Å². The SMILES string of the molecule is CCCC(=O)NC1CCC(O)CC1. The summed E-state index contributed by atoms with van der Waals surface area (Å²) in [6, 6.07) is 0.308. The molecule has 1 saturated carbocycles. The maximum absolute atomic E-state index is 11.2. The maximum Gasteiger partial charge on any atom is 0.220 e. The zero-order chi connectivity index (χ0) is 9.68. The Kier molecular flexibility index (Phi) is 4.22. The Labute approximate surface area is 79.5 Å². The highest BCUT2D eigenvalue weighted by molar-refractivity contribution is 5.76. The Bertz CT molecular complexity index is 162. The molecule has 0 aromatic rings. The van der Waals surface area contributed by atoms with Gasteiger partial charge in [0.05, 0.1) is 6.10 Å². The molecule has 13 heavy (non-hydrogen) atoms. The van der Waals surface area contributed by atoms with E-state index in [-0.39, 0.29) is 12.0 Å². The van der Waals surface area contributed by atoms with Gasteiger partial charge in [-0.25, -0.2) is 0 Å². The zero-order valence-electron chi connectivity index (χ0n) is 8.25. The molecule has 0 spiro atoms. The first-order valence-corrected chi connectivity index (χ1v) is 5.19. The molecule has 1 aliphatic rings. The molecule has 0 atom stereocenters. The third kappa shape index (κ3) is 3.77. The van der Waals surface area contributed by atoms with Crippen molar-refractivity contribution in [1.29, 1.82) is 0 Å². The molecule has 1 amide bonds. The highest BCUT2D eigenvalue weighted by atomic mass is 16.3. The van der Waals surface area contributed by atoms with Crippen molar-refractivity contribution in [3.8, 4) is 0 Å². The van der Waals surface area contributed by atoms with E-state index in [1.807, 2.05) is 6.92 Å². The number of rotatable bonds is 3. The molecule has 0 heterocycles. The van der Waals surface area contributed by atoms with Crippen LogP contribution in [0.1, 0.15) is 45.4 Å². The third-order valence-electron chi connectivity index (χ3n) is 2.54. The Morgan fingerprint density at radius 1 is 1.38 bits per heavy atom. The lowest BCUT2D eigenvalue weighted by molar-refractivity contribution is -0.122. The average Bonchev–Trinajstić information content (AvgIpc) is 2.09. The van der Waals surface area contributed by atoms with E-state index in [0.29, 0.717) is 12.5 Å². The fraction of sp³-hybridized carbons (Fsp3) is 0.900. The predicted molar refractivity (Wildman–Crippen MR) is 51.3 cm³/mol. The molecule has 0 bridgehead atoms. The van der Waals surface area contributed by atoms with E-state index in [1.165, 1.54) is 0 Å². The van der Waals surface area contributed by atoms with Crippen LogP contribution in [0, 0.1) is 0 Å². The van der Waals surface area contributed by atoms with Gasteiger partial charge in [-0.3, -0.25) is 4.79 Å². The number of carbonyl (C=O) groups is 1. The fourth-order valence-corrected chi connectivity index (χ4v) is 1.75. The lowest BCUT2D eigenvalue weighted by atomic mass is 9.93. The van der Waals surface area contributed by atoms with Gasteiger partial charge < -0.3 is 10.4 Å². The molecule has 0 unspecified atom stereocenters. The molecule has 1 rings (SSSR count). The van der Waals surface area contributed by atoms with Crippen molar-refractivity contribution in [3.05, 3.63) is 0 Å². The van der Waals surface area contributed by atoms with Crippen LogP contribution in [0.25, 0.3) is 0 Å². The molecular weight excluding hydrogens is 166 g/mol. The molecular formula is C10H19NO2. The molecule has 0 aliphatic heterocycles. The molecule has 2 N–H and O–H groups in total. The summed E-state index contributed by atoms with van der Waals surface area (Å²) in [6.45, 7) is 2.00. The minimum atomic E-state index is -0.140. The van der Waals surface area contributed by atoms with E-state index in [0.717, 1.165) is 32.1 Å². The van der Waals surface area contributed by atoms with Crippen molar-refractivity contribution in [1.82, 2.24) is 5.32 Å². The van der Waals surface area contributed by atoms with Crippen LogP contribution in [0.3, 0.4) is 0 Å². The standard InChI is InChI=1S/C10H19NO2/c1-2-3-10(13)11-8-4-6-9(12)7-5-8/h8-9,12H,2-7H2,1H3,(H,11,13). The zero-order valence-corrected chi connectivity index (χ0v) is 8.25. The number of nitrogens with one attached hydrogen (secondary N) is 1. The Hall–Kier alpha value is -0.570. The minimum absolute atomic E-state index is 0.140. The van der Waals surface area contributed by atoms with Crippen molar-refractivity contribution in [2.75, 3.05) is 0 Å². The van der Waals surface area contributed by atoms with Crippen molar-refractivity contribution >= 4 is 5.91 Å². The Morgan fingerprint density at radius 3 is 2.54 bits per heavy atom. The molecule has 3 nitrogen and oxygen atoms in total. The van der Waals surface area contributed by atoms with Gasteiger partial charge in [-0.15, -0.1) is 0 Å². The molecule has 0 aromatic heterocycles. The number of carbonyl (C=O) groups excluding carboxylic acids is 1. The third-order valence-corrected chi connectivity index (χ3v) is 2.54. The maximum atomic E-state index is 11.2. The van der Waals surface area contributed by atoms with Crippen molar-refractivity contribution in [3.63, 3.8) is 0 Å². The van der Waals surface area contributed by atoms with E-state index in [2.05, 4.69) is 5.32 Å². The summed E-state index contributed by atoms with van der Waals surface area (Å²) in [6.07, 6.45) is 4.90. The number of amides is 1. The van der Waals surface area contributed by atoms with Gasteiger partial charge in [0, 0.05) is 12.5 Å². The summed E-state index contributed by atoms with van der Waals surface area (Å²) in [5, 5.41) is 12.2. The second-order valence-corrected chi connectivity index (χ2v) is 3.82. The number of aliphatic hydroxyl groups excluding tert-OH is 1. The van der Waals surface area contributed by atoms with Crippen LogP contribution in [0.5, 0.6) is 0 Å². The quantitative estimate of drug-likeness (QED) is 0.694. The van der Waals surface area contributed by atoms with Crippen LogP contribution in [-0.2, 0) is 4.79 Å². The first-order valence-electron chi connectivity index (χ1n) is 5.19. The predicted octanol–water partition coefficient (Wildman–Crippen LogP) is 1.21. The summed E-state index contributed by atoms with van der Waals surface area (Å²) in [5.41, 5.74) is 0. The normalized spacial score (nSPS) is 28.5. The molecule has 3 heteroatoms. The van der Waals surface area contributed by atoms with E-state index < -0.39 is 0 Å². The fourth-order valence-electron chi connectivity index (χ4n) is 1.75. The van der Waals surface area contributed by atoms with Gasteiger partial charge >= 0.3 is 0 Å². The molecule has 1 fully saturated rings. The van der Waals surface area contributed by atoms with Gasteiger partial charge in [0.25, 0.3) is 0 Å². The summed E-state index contributed by atoms with van der Waals surface area (Å²) in [7, 11) is 0. The van der Waals surface area contributed by atoms with Gasteiger partial charge in [-0.1, -0.05) is 6.92 Å². The van der Waals surface area contributed by atoms with Gasteiger partial charge in [-0.2, -0.15) is 0 Å². The van der Waals surface area contributed by atoms with Crippen LogP contribution in [0.2, 0.25) is 0 Å². The molecule has 1 aliphatic carbocycles. The van der Waals surface area contributed by atoms with Crippen LogP contribution < -0.4 is 5.32 Å². The topological polar surface area (TPSA) is 49.3 Å². The Morgan fingerprint density at radius 2 is 2.00 bits per heavy atom. The first-order chi connectivity index (χ1) is 6.22. The molecule has 0 saturated heterocycles. The van der Waals surface area contributed by atoms with Gasteiger partial charge in [0.2, 0.25) is 5.91 Å². The van der Waals surface area contributed by atoms with Crippen LogP contribution in [0.4, 0.5) is 0 Å². The minimum Gasteiger partial charge on any atom is -0.393 e. The second-order valence-electron chi connectivity index (χ2n) is 3.82. The summed E-state index contributed by atoms with van der Waals surface area (Å²) >= 11 is 0. The van der Waals surface area contributed by atoms with Crippen molar-refractivity contribution in [2.24, 2.45) is 0 Å². The van der Waals surface area contributed by atoms with E-state index in [1.54, 1.807) is 0 Å². The molecule has 0 radical (unpaired) electrons. The smallest absolute Gasteiger partial charge is 0.220 e. The Balaban J connectivity index is 2.18. The lowest BCUT2D eigenvalue weighted by Gasteiger charge is -2.26. The summed E-state index contributed by atoms with van der Waals surface area (Å²) in [5.74, 6) is 0.156. The second kappa shape index (κ2) is 5.22. The van der Waals surface area contributed by atoms with Gasteiger partial charge in [0.1, 0.15) is 0 Å². The van der Waals surface area contributed by atoms with Gasteiger partial charge in [-0.05, 0) is 32.1 Å². The molecule has 0 aromatic carbocycles. The van der Waals surface area contributed by atoms with Crippen molar-refractivity contribution < 1.29 is 9.90 Å². The van der Waals surface area contributed by atoms with Crippen LogP contribution in [-0.4, -0.2) is 23.2 Å².